The smallest absolute Gasteiger partial charge is 0.270 e. The fourth-order valence-corrected chi connectivity index (χ4v) is 3.65. The Bertz CT molecular complexity index is 998. The van der Waals surface area contributed by atoms with Gasteiger partial charge in [-0.15, -0.1) is 0 Å². The summed E-state index contributed by atoms with van der Waals surface area (Å²) < 4.78 is 2.54. The number of hydrogen-bond acceptors (Lipinski definition) is 5. The second-order valence-corrected chi connectivity index (χ2v) is 8.12. The van der Waals surface area contributed by atoms with Gasteiger partial charge in [-0.3, -0.25) is 4.79 Å². The Morgan fingerprint density at radius 3 is 2.64 bits per heavy atom. The van der Waals surface area contributed by atoms with Crippen molar-refractivity contribution in [3.8, 4) is 0 Å². The van der Waals surface area contributed by atoms with Crippen molar-refractivity contribution in [2.24, 2.45) is 0 Å². The van der Waals surface area contributed by atoms with Gasteiger partial charge in [0.2, 0.25) is 0 Å². The first-order valence-corrected chi connectivity index (χ1v) is 10.2. The lowest BCUT2D eigenvalue weighted by atomic mass is 10.2. The summed E-state index contributed by atoms with van der Waals surface area (Å²) in [6, 6.07) is 9.21. The van der Waals surface area contributed by atoms with Crippen LogP contribution in [-0.2, 0) is 6.54 Å². The van der Waals surface area contributed by atoms with Crippen molar-refractivity contribution in [2.75, 3.05) is 38.1 Å². The van der Waals surface area contributed by atoms with Gasteiger partial charge in [0.25, 0.3) is 5.91 Å². The van der Waals surface area contributed by atoms with Crippen LogP contribution in [0.2, 0.25) is 5.02 Å². The fourth-order valence-electron chi connectivity index (χ4n) is 3.17. The largest absolute Gasteiger partial charge is 0.354 e. The topological polar surface area (TPSA) is 65.8 Å². The summed E-state index contributed by atoms with van der Waals surface area (Å²) in [6.45, 7) is 4.08. The van der Waals surface area contributed by atoms with Crippen LogP contribution in [0.15, 0.2) is 41.0 Å². The molecule has 7 nitrogen and oxygen atoms in total. The zero-order valence-corrected chi connectivity index (χ0v) is 17.7. The van der Waals surface area contributed by atoms with E-state index in [9.17, 15) is 4.79 Å². The number of nitrogens with one attached hydrogen (secondary N) is 1. The van der Waals surface area contributed by atoms with Gasteiger partial charge in [-0.1, -0.05) is 23.7 Å². The highest BCUT2D eigenvalue weighted by atomic mass is 79.9. The number of fused-ring (bicyclic) bond motifs is 1. The van der Waals surface area contributed by atoms with Crippen molar-refractivity contribution in [3.63, 3.8) is 0 Å². The number of halogens is 2. The Balaban J connectivity index is 1.60. The number of amides is 1. The van der Waals surface area contributed by atoms with Gasteiger partial charge >= 0.3 is 0 Å². The molecule has 1 aliphatic heterocycles. The average molecular weight is 464 g/mol. The number of nitrogens with zero attached hydrogens (tertiary/aromatic N) is 5. The van der Waals surface area contributed by atoms with Crippen LogP contribution < -0.4 is 10.2 Å². The number of benzene rings is 1. The van der Waals surface area contributed by atoms with Gasteiger partial charge in [0.05, 0.1) is 10.7 Å². The molecule has 3 aromatic rings. The molecule has 1 fully saturated rings. The van der Waals surface area contributed by atoms with E-state index < -0.39 is 0 Å². The van der Waals surface area contributed by atoms with Gasteiger partial charge in [-0.25, -0.2) is 4.98 Å². The van der Waals surface area contributed by atoms with Crippen LogP contribution in [0.4, 0.5) is 5.82 Å². The van der Waals surface area contributed by atoms with E-state index in [1.165, 1.54) is 0 Å². The van der Waals surface area contributed by atoms with E-state index in [4.69, 9.17) is 11.6 Å². The molecule has 0 bridgehead atoms. The van der Waals surface area contributed by atoms with Crippen LogP contribution in [0.25, 0.3) is 5.65 Å². The van der Waals surface area contributed by atoms with Gasteiger partial charge in [0, 0.05) is 43.8 Å². The van der Waals surface area contributed by atoms with Gasteiger partial charge in [-0.2, -0.15) is 9.61 Å². The van der Waals surface area contributed by atoms with E-state index >= 15 is 0 Å². The molecular formula is C19H20BrClN6O. The van der Waals surface area contributed by atoms with Crippen molar-refractivity contribution < 1.29 is 4.79 Å². The molecule has 1 N–H and O–H groups in total. The molecule has 146 valence electrons. The molecule has 0 atom stereocenters. The van der Waals surface area contributed by atoms with Crippen molar-refractivity contribution in [3.05, 3.63) is 57.3 Å². The van der Waals surface area contributed by atoms with E-state index in [1.54, 1.807) is 10.7 Å². The first-order valence-electron chi connectivity index (χ1n) is 9.01. The van der Waals surface area contributed by atoms with E-state index in [1.807, 2.05) is 30.3 Å². The number of hydrogen-bond donors (Lipinski definition) is 1. The Kier molecular flexibility index (Phi) is 5.52. The zero-order valence-electron chi connectivity index (χ0n) is 15.4. The molecule has 1 saturated heterocycles. The maximum atomic E-state index is 12.8. The lowest BCUT2D eigenvalue weighted by Gasteiger charge is -2.34. The zero-order chi connectivity index (χ0) is 19.7. The number of anilines is 1. The van der Waals surface area contributed by atoms with Crippen LogP contribution in [0.5, 0.6) is 0 Å². The molecule has 1 amide bonds. The first-order chi connectivity index (χ1) is 13.5. The van der Waals surface area contributed by atoms with Gasteiger partial charge in [-0.05, 0) is 40.7 Å². The van der Waals surface area contributed by atoms with E-state index in [0.717, 1.165) is 42.0 Å². The molecule has 0 saturated carbocycles. The predicted molar refractivity (Wildman–Crippen MR) is 113 cm³/mol. The summed E-state index contributed by atoms with van der Waals surface area (Å²) in [5, 5.41) is 8.03. The SMILES string of the molecule is CN1CCN(c2cc(C(=O)NCc3ccc(Cl)cc3)nc3c(Br)cnn23)CC1. The average Bonchev–Trinajstić information content (AvgIpc) is 3.08. The molecule has 0 aliphatic carbocycles. The minimum Gasteiger partial charge on any atom is -0.354 e. The number of carbonyl (C=O) groups excluding carboxylic acids is 1. The Hall–Kier alpha value is -2.16. The van der Waals surface area contributed by atoms with E-state index in [2.05, 4.69) is 48.2 Å². The third-order valence-corrected chi connectivity index (χ3v) is 5.65. The Morgan fingerprint density at radius 1 is 1.21 bits per heavy atom. The maximum absolute atomic E-state index is 12.8. The minimum absolute atomic E-state index is 0.221. The third kappa shape index (κ3) is 3.99. The predicted octanol–water partition coefficient (Wildman–Crippen LogP) is 2.83. The second kappa shape index (κ2) is 8.06. The highest BCUT2D eigenvalue weighted by molar-refractivity contribution is 9.10. The number of rotatable bonds is 4. The summed E-state index contributed by atoms with van der Waals surface area (Å²) in [7, 11) is 2.11. The monoisotopic (exact) mass is 462 g/mol. The van der Waals surface area contributed by atoms with Crippen LogP contribution >= 0.6 is 27.5 Å². The van der Waals surface area contributed by atoms with Gasteiger partial charge in [0.15, 0.2) is 5.65 Å². The minimum atomic E-state index is -0.221. The molecular weight excluding hydrogens is 444 g/mol. The lowest BCUT2D eigenvalue weighted by molar-refractivity contribution is 0.0946. The number of likely N-dealkylation sites (N-methyl/N-ethyl adjacent to an activating group) is 1. The van der Waals surface area contributed by atoms with Crippen LogP contribution in [0.3, 0.4) is 0 Å². The molecule has 1 aliphatic rings. The first kappa shape index (κ1) is 19.2. The lowest BCUT2D eigenvalue weighted by Crippen LogP contribution is -2.45. The normalized spacial score (nSPS) is 15.2. The summed E-state index contributed by atoms with van der Waals surface area (Å²) in [5.41, 5.74) is 1.98. The number of carbonyl (C=O) groups is 1. The van der Waals surface area contributed by atoms with Gasteiger partial charge < -0.3 is 15.1 Å². The molecule has 2 aromatic heterocycles. The van der Waals surface area contributed by atoms with E-state index in [-0.39, 0.29) is 5.91 Å². The molecule has 0 unspecified atom stereocenters. The number of aromatic nitrogens is 3. The summed E-state index contributed by atoms with van der Waals surface area (Å²) in [4.78, 5) is 21.8. The Labute approximate surface area is 176 Å². The maximum Gasteiger partial charge on any atom is 0.270 e. The van der Waals surface area contributed by atoms with E-state index in [0.29, 0.717) is 22.9 Å². The quantitative estimate of drug-likeness (QED) is 0.644. The second-order valence-electron chi connectivity index (χ2n) is 6.83. The third-order valence-electron chi connectivity index (χ3n) is 4.84. The summed E-state index contributed by atoms with van der Waals surface area (Å²) >= 11 is 9.40. The fraction of sp³-hybridized carbons (Fsp3) is 0.316. The molecule has 9 heteroatoms. The standard InChI is InChI=1S/C19H20BrClN6O/c1-25-6-8-26(9-7-25)17-10-16(24-18-15(20)12-23-27(17)18)19(28)22-11-13-2-4-14(21)5-3-13/h2-5,10,12H,6-9,11H2,1H3,(H,22,28). The van der Waals surface area contributed by atoms with Gasteiger partial charge in [0.1, 0.15) is 11.5 Å². The number of piperazine rings is 1. The molecule has 0 radical (unpaired) electrons. The van der Waals surface area contributed by atoms with Crippen molar-refractivity contribution in [1.82, 2.24) is 24.8 Å². The van der Waals surface area contributed by atoms with Crippen LogP contribution in [0.1, 0.15) is 16.1 Å². The van der Waals surface area contributed by atoms with Crippen LogP contribution in [-0.4, -0.2) is 58.6 Å². The summed E-state index contributed by atoms with van der Waals surface area (Å²) in [6.07, 6.45) is 1.71. The molecule has 4 rings (SSSR count). The Morgan fingerprint density at radius 2 is 1.93 bits per heavy atom. The molecule has 28 heavy (non-hydrogen) atoms. The molecule has 1 aromatic carbocycles. The van der Waals surface area contributed by atoms with Crippen LogP contribution in [0, 0.1) is 0 Å². The van der Waals surface area contributed by atoms with Crippen molar-refractivity contribution >= 4 is 44.9 Å². The highest BCUT2D eigenvalue weighted by Crippen LogP contribution is 2.24. The molecule has 0 spiro atoms. The summed E-state index contributed by atoms with van der Waals surface area (Å²) in [5.74, 6) is 0.654. The highest BCUT2D eigenvalue weighted by Gasteiger charge is 2.21. The van der Waals surface area contributed by atoms with Crippen molar-refractivity contribution in [2.45, 2.75) is 6.54 Å². The van der Waals surface area contributed by atoms with Crippen molar-refractivity contribution in [1.29, 1.82) is 0 Å². The molecule has 3 heterocycles.